The number of esters is 1. The molecule has 238 valence electrons. The summed E-state index contributed by atoms with van der Waals surface area (Å²) in [5.74, 6) is -6.98. The van der Waals surface area contributed by atoms with Crippen LogP contribution in [0.25, 0.3) is 0 Å². The van der Waals surface area contributed by atoms with Gasteiger partial charge in [0.2, 0.25) is 0 Å². The Morgan fingerprint density at radius 2 is 1.62 bits per heavy atom. The zero-order valence-electron chi connectivity index (χ0n) is 25.0. The molecule has 3 aliphatic carbocycles. The zero-order chi connectivity index (χ0) is 32.3. The van der Waals surface area contributed by atoms with E-state index >= 15 is 0 Å². The van der Waals surface area contributed by atoms with Gasteiger partial charge in [0.05, 0.1) is 24.2 Å². The van der Waals surface area contributed by atoms with Gasteiger partial charge in [-0.1, -0.05) is 75.0 Å². The number of carbonyl (C=O) groups is 2. The number of aliphatic hydroxyl groups excluding tert-OH is 3. The molecular weight excluding hydrogens is 584 g/mol. The number of ketones is 1. The summed E-state index contributed by atoms with van der Waals surface area (Å²) in [6.07, 6.45) is -5.54. The first-order valence-electron chi connectivity index (χ1n) is 15.0. The highest BCUT2D eigenvalue weighted by Gasteiger charge is 2.86. The van der Waals surface area contributed by atoms with Gasteiger partial charge in [-0.15, -0.1) is 0 Å². The summed E-state index contributed by atoms with van der Waals surface area (Å²) in [6.45, 7) is 7.81. The van der Waals surface area contributed by atoms with Gasteiger partial charge in [0.25, 0.3) is 0 Å². The van der Waals surface area contributed by atoms with E-state index < -0.39 is 88.9 Å². The van der Waals surface area contributed by atoms with Gasteiger partial charge in [-0.05, 0) is 24.6 Å². The molecule has 0 spiro atoms. The van der Waals surface area contributed by atoms with Crippen LogP contribution in [0.5, 0.6) is 0 Å². The highest BCUT2D eigenvalue weighted by atomic mass is 16.9. The molecule has 0 radical (unpaired) electrons. The molecule has 2 aliphatic heterocycles. The van der Waals surface area contributed by atoms with Crippen molar-refractivity contribution >= 4 is 11.8 Å². The number of benzene rings is 2. The fourth-order valence-corrected chi connectivity index (χ4v) is 8.56. The van der Waals surface area contributed by atoms with Gasteiger partial charge in [-0.3, -0.25) is 4.79 Å². The van der Waals surface area contributed by atoms with Crippen molar-refractivity contribution in [2.24, 2.45) is 17.8 Å². The number of hydrogen-bond acceptors (Lipinski definition) is 11. The number of carbonyl (C=O) groups excluding carboxylic acids is 2. The molecule has 0 aromatic heterocycles. The monoisotopic (exact) mass is 620 g/mol. The molecule has 2 aromatic carbocycles. The van der Waals surface area contributed by atoms with E-state index in [2.05, 4.69) is 6.58 Å². The SMILES string of the molecule is C=C(C)[C@@]12OC3(c4ccccc4)O[C@@H]1[C@@H]1[C@H](O)[C@](O)(CO)[C@@H](O)[C@]4(O)C(=O)[C@@H](C)C=C4[C@@]1(O3)[C@H](C)[C@H]2OC(=O)c1ccccc1. The number of hydrogen-bond donors (Lipinski definition) is 5. The number of aliphatic hydroxyl groups is 5. The van der Waals surface area contributed by atoms with Crippen molar-refractivity contribution in [1.29, 1.82) is 0 Å². The molecule has 12 atom stereocenters. The van der Waals surface area contributed by atoms with Crippen molar-refractivity contribution in [3.05, 3.63) is 95.6 Å². The summed E-state index contributed by atoms with van der Waals surface area (Å²) in [5, 5.41) is 58.3. The van der Waals surface area contributed by atoms with E-state index in [-0.39, 0.29) is 11.1 Å². The minimum absolute atomic E-state index is 0.142. The van der Waals surface area contributed by atoms with E-state index in [1.165, 1.54) is 13.0 Å². The molecule has 5 N–H and O–H groups in total. The van der Waals surface area contributed by atoms with Gasteiger partial charge in [-0.2, -0.15) is 0 Å². The highest BCUT2D eigenvalue weighted by molar-refractivity contribution is 5.98. The second-order valence-electron chi connectivity index (χ2n) is 13.0. The van der Waals surface area contributed by atoms with Gasteiger partial charge in [0.1, 0.15) is 29.5 Å². The maximum atomic E-state index is 13.8. The van der Waals surface area contributed by atoms with Gasteiger partial charge in [-0.25, -0.2) is 4.79 Å². The number of Topliss-reactive ketones (excluding diaryl/α,β-unsaturated/α-hetero) is 1. The Bertz CT molecular complexity index is 1610. The molecule has 45 heavy (non-hydrogen) atoms. The van der Waals surface area contributed by atoms with Gasteiger partial charge in [0.15, 0.2) is 17.0 Å². The van der Waals surface area contributed by atoms with Crippen LogP contribution in [-0.2, 0) is 29.7 Å². The minimum Gasteiger partial charge on any atom is -0.455 e. The largest absolute Gasteiger partial charge is 0.455 e. The lowest BCUT2D eigenvalue weighted by atomic mass is 9.54. The van der Waals surface area contributed by atoms with Crippen LogP contribution in [0.2, 0.25) is 0 Å². The van der Waals surface area contributed by atoms with E-state index in [1.54, 1.807) is 74.5 Å². The second kappa shape index (κ2) is 9.63. The van der Waals surface area contributed by atoms with Gasteiger partial charge in [0, 0.05) is 23.0 Å². The summed E-state index contributed by atoms with van der Waals surface area (Å²) < 4.78 is 26.6. The first-order valence-corrected chi connectivity index (χ1v) is 15.0. The van der Waals surface area contributed by atoms with Crippen LogP contribution in [-0.4, -0.2) is 90.7 Å². The number of ether oxygens (including phenoxy) is 4. The average Bonchev–Trinajstić information content (AvgIpc) is 3.43. The second-order valence-corrected chi connectivity index (χ2v) is 13.0. The number of fused-ring (bicyclic) bond motifs is 2. The Labute approximate surface area is 259 Å². The molecule has 2 saturated heterocycles. The summed E-state index contributed by atoms with van der Waals surface area (Å²) in [4.78, 5) is 27.5. The van der Waals surface area contributed by atoms with E-state index in [0.29, 0.717) is 11.1 Å². The summed E-state index contributed by atoms with van der Waals surface area (Å²) in [5.41, 5.74) is -8.49. The third kappa shape index (κ3) is 3.47. The standard InChI is InChI=1S/C34H36O11/c1-17(2)32-26(42-28(38)20-11-7-5-8-12-20)19(4)33-22-15-18(3)24(36)31(22,41)29(39)30(40,16-35)25(37)23(33)27(32)43-34(44-32,45-33)21-13-9-6-10-14-21/h5-15,18-19,23,25-27,29,35,37,39-41H,1,16H2,2-4H3/t18-,19+,23-,25-,26+,27+,29+,30+,31+,32-,33-,34?/m0/s1. The Kier molecular flexibility index (Phi) is 6.50. The number of rotatable bonds is 5. The minimum atomic E-state index is -2.82. The lowest BCUT2D eigenvalue weighted by Gasteiger charge is -2.60. The topological polar surface area (TPSA) is 172 Å². The van der Waals surface area contributed by atoms with Gasteiger partial charge >= 0.3 is 11.9 Å². The molecule has 4 fully saturated rings. The molecule has 2 aromatic rings. The fraction of sp³-hybridized carbons (Fsp3) is 0.471. The highest BCUT2D eigenvalue weighted by Crippen LogP contribution is 2.71. The Balaban J connectivity index is 1.55. The Morgan fingerprint density at radius 3 is 2.22 bits per heavy atom. The van der Waals surface area contributed by atoms with Crippen LogP contribution in [0.1, 0.15) is 36.7 Å². The average molecular weight is 621 g/mol. The van der Waals surface area contributed by atoms with Crippen molar-refractivity contribution in [3.63, 3.8) is 0 Å². The van der Waals surface area contributed by atoms with Crippen molar-refractivity contribution < 1.29 is 54.1 Å². The smallest absolute Gasteiger partial charge is 0.338 e. The summed E-state index contributed by atoms with van der Waals surface area (Å²) in [7, 11) is 0. The molecule has 2 heterocycles. The molecular formula is C34H36O11. The normalized spacial score (nSPS) is 46.2. The van der Waals surface area contributed by atoms with Crippen LogP contribution in [0.15, 0.2) is 84.5 Å². The van der Waals surface area contributed by atoms with E-state index in [4.69, 9.17) is 18.9 Å². The quantitative estimate of drug-likeness (QED) is 0.240. The Hall–Kier alpha value is -3.26. The van der Waals surface area contributed by atoms with Crippen molar-refractivity contribution in [2.75, 3.05) is 6.61 Å². The predicted octanol–water partition coefficient (Wildman–Crippen LogP) is 1.12. The first kappa shape index (κ1) is 30.4. The molecule has 3 bridgehead atoms. The van der Waals surface area contributed by atoms with Crippen LogP contribution < -0.4 is 0 Å². The lowest BCUT2D eigenvalue weighted by molar-refractivity contribution is -0.428. The third-order valence-corrected chi connectivity index (χ3v) is 10.7. The zero-order valence-corrected chi connectivity index (χ0v) is 25.0. The predicted molar refractivity (Wildman–Crippen MR) is 155 cm³/mol. The van der Waals surface area contributed by atoms with E-state index in [1.807, 2.05) is 0 Å². The maximum Gasteiger partial charge on any atom is 0.338 e. The first-order chi connectivity index (χ1) is 21.3. The molecule has 11 heteroatoms. The van der Waals surface area contributed by atoms with Crippen LogP contribution in [0, 0.1) is 17.8 Å². The molecule has 7 rings (SSSR count). The number of allylic oxidation sites excluding steroid dienone is 1. The molecule has 0 amide bonds. The molecule has 1 unspecified atom stereocenters. The molecule has 2 saturated carbocycles. The van der Waals surface area contributed by atoms with Crippen molar-refractivity contribution in [3.8, 4) is 0 Å². The third-order valence-electron chi connectivity index (χ3n) is 10.7. The molecule has 5 aliphatic rings. The van der Waals surface area contributed by atoms with E-state index in [0.717, 1.165) is 0 Å². The molecule has 11 nitrogen and oxygen atoms in total. The lowest BCUT2D eigenvalue weighted by Crippen LogP contribution is -2.76. The van der Waals surface area contributed by atoms with Crippen LogP contribution in [0.3, 0.4) is 0 Å². The van der Waals surface area contributed by atoms with Gasteiger partial charge < -0.3 is 44.5 Å². The van der Waals surface area contributed by atoms with E-state index in [9.17, 15) is 35.1 Å². The van der Waals surface area contributed by atoms with Crippen LogP contribution in [0.4, 0.5) is 0 Å². The van der Waals surface area contributed by atoms with Crippen molar-refractivity contribution in [2.45, 2.75) is 73.6 Å². The summed E-state index contributed by atoms with van der Waals surface area (Å²) in [6, 6.07) is 16.9. The van der Waals surface area contributed by atoms with Crippen molar-refractivity contribution in [1.82, 2.24) is 0 Å². The summed E-state index contributed by atoms with van der Waals surface area (Å²) >= 11 is 0. The maximum absolute atomic E-state index is 13.8. The Morgan fingerprint density at radius 1 is 1.00 bits per heavy atom. The van der Waals surface area contributed by atoms with Crippen LogP contribution >= 0.6 is 0 Å². The fourth-order valence-electron chi connectivity index (χ4n) is 8.56.